The lowest BCUT2D eigenvalue weighted by Crippen LogP contribution is -2.41. The molecule has 1 unspecified atom stereocenters. The topological polar surface area (TPSA) is 46.3 Å². The highest BCUT2D eigenvalue weighted by Crippen LogP contribution is 2.18. The molecule has 0 aromatic heterocycles. The van der Waals surface area contributed by atoms with Crippen molar-refractivity contribution in [3.05, 3.63) is 29.8 Å². The van der Waals surface area contributed by atoms with E-state index in [-0.39, 0.29) is 18.3 Å². The van der Waals surface area contributed by atoms with E-state index in [1.807, 2.05) is 40.9 Å². The molecule has 1 aromatic carbocycles. The van der Waals surface area contributed by atoms with Crippen molar-refractivity contribution in [3.63, 3.8) is 0 Å². The maximum absolute atomic E-state index is 12.1. The fourth-order valence-electron chi connectivity index (χ4n) is 1.97. The molecule has 1 fully saturated rings. The average Bonchev–Trinajstić information content (AvgIpc) is 2.32. The van der Waals surface area contributed by atoms with Crippen LogP contribution >= 0.6 is 24.2 Å². The molecule has 2 rings (SSSR count). The van der Waals surface area contributed by atoms with E-state index in [2.05, 4.69) is 6.92 Å². The van der Waals surface area contributed by atoms with Crippen LogP contribution in [0.4, 0.5) is 5.69 Å². The summed E-state index contributed by atoms with van der Waals surface area (Å²) in [4.78, 5) is 14.1. The second-order valence-corrected chi connectivity index (χ2v) is 5.99. The molecular formula is C13H19ClN2OS. The largest absolute Gasteiger partial charge is 0.399 e. The minimum Gasteiger partial charge on any atom is -0.399 e. The summed E-state index contributed by atoms with van der Waals surface area (Å²) in [6, 6.07) is 7.54. The second-order valence-electron chi connectivity index (χ2n) is 4.44. The molecule has 1 aromatic rings. The Bertz CT molecular complexity index is 396. The van der Waals surface area contributed by atoms with Crippen molar-refractivity contribution in [3.8, 4) is 0 Å². The molecule has 1 aliphatic heterocycles. The van der Waals surface area contributed by atoms with E-state index in [9.17, 15) is 4.79 Å². The number of halogens is 1. The van der Waals surface area contributed by atoms with Crippen LogP contribution in [-0.2, 0) is 11.2 Å². The summed E-state index contributed by atoms with van der Waals surface area (Å²) in [7, 11) is 0. The van der Waals surface area contributed by atoms with Crippen molar-refractivity contribution in [2.45, 2.75) is 18.6 Å². The number of thioether (sulfide) groups is 1. The molecule has 0 spiro atoms. The zero-order valence-electron chi connectivity index (χ0n) is 10.5. The Kier molecular flexibility index (Phi) is 5.82. The molecule has 0 aliphatic carbocycles. The highest BCUT2D eigenvalue weighted by atomic mass is 35.5. The lowest BCUT2D eigenvalue weighted by molar-refractivity contribution is -0.130. The number of hydrogen-bond donors (Lipinski definition) is 1. The van der Waals surface area contributed by atoms with Crippen molar-refractivity contribution in [1.29, 1.82) is 0 Å². The van der Waals surface area contributed by atoms with E-state index in [1.165, 1.54) is 0 Å². The lowest BCUT2D eigenvalue weighted by Gasteiger charge is -2.30. The summed E-state index contributed by atoms with van der Waals surface area (Å²) in [5.41, 5.74) is 7.40. The molecule has 1 amide bonds. The first-order valence-corrected chi connectivity index (χ1v) is 6.94. The Hall–Kier alpha value is -0.870. The molecule has 0 bridgehead atoms. The molecule has 18 heavy (non-hydrogen) atoms. The smallest absolute Gasteiger partial charge is 0.227 e. The molecule has 1 heterocycles. The fraction of sp³-hybridized carbons (Fsp3) is 0.462. The van der Waals surface area contributed by atoms with Crippen molar-refractivity contribution in [2.24, 2.45) is 0 Å². The molecule has 1 aliphatic rings. The van der Waals surface area contributed by atoms with Gasteiger partial charge in [-0.25, -0.2) is 0 Å². The van der Waals surface area contributed by atoms with Crippen LogP contribution in [0.1, 0.15) is 12.5 Å². The van der Waals surface area contributed by atoms with Gasteiger partial charge in [-0.3, -0.25) is 4.79 Å². The first-order valence-electron chi connectivity index (χ1n) is 5.89. The number of hydrogen-bond acceptors (Lipinski definition) is 3. The van der Waals surface area contributed by atoms with Crippen molar-refractivity contribution in [1.82, 2.24) is 4.90 Å². The Balaban J connectivity index is 0.00000162. The molecule has 1 saturated heterocycles. The van der Waals surface area contributed by atoms with Crippen LogP contribution in [0.5, 0.6) is 0 Å². The minimum absolute atomic E-state index is 0. The molecular weight excluding hydrogens is 268 g/mol. The van der Waals surface area contributed by atoms with Crippen LogP contribution in [-0.4, -0.2) is 34.9 Å². The van der Waals surface area contributed by atoms with Crippen molar-refractivity contribution in [2.75, 3.05) is 24.6 Å². The Morgan fingerprint density at radius 1 is 1.44 bits per heavy atom. The molecule has 0 saturated carbocycles. The third-order valence-electron chi connectivity index (χ3n) is 2.93. The van der Waals surface area contributed by atoms with Crippen LogP contribution in [0, 0.1) is 0 Å². The highest BCUT2D eigenvalue weighted by Gasteiger charge is 2.21. The van der Waals surface area contributed by atoms with Crippen LogP contribution < -0.4 is 5.73 Å². The normalized spacial score (nSPS) is 19.2. The molecule has 0 radical (unpaired) electrons. The van der Waals surface area contributed by atoms with E-state index in [0.717, 1.165) is 30.1 Å². The number of nitrogen functional groups attached to an aromatic ring is 1. The molecule has 2 N–H and O–H groups in total. The summed E-state index contributed by atoms with van der Waals surface area (Å²) >= 11 is 1.94. The highest BCUT2D eigenvalue weighted by molar-refractivity contribution is 7.99. The van der Waals surface area contributed by atoms with Gasteiger partial charge in [-0.15, -0.1) is 12.4 Å². The van der Waals surface area contributed by atoms with Crippen molar-refractivity contribution < 1.29 is 4.79 Å². The summed E-state index contributed by atoms with van der Waals surface area (Å²) in [5, 5.41) is 0.555. The van der Waals surface area contributed by atoms with Crippen LogP contribution in [0.25, 0.3) is 0 Å². The van der Waals surface area contributed by atoms with Crippen molar-refractivity contribution >= 4 is 35.8 Å². The molecule has 5 heteroatoms. The molecule has 1 atom stereocenters. The first-order chi connectivity index (χ1) is 8.15. The Morgan fingerprint density at radius 2 is 2.11 bits per heavy atom. The van der Waals surface area contributed by atoms with E-state index in [4.69, 9.17) is 5.73 Å². The van der Waals surface area contributed by atoms with E-state index < -0.39 is 0 Å². The van der Waals surface area contributed by atoms with Gasteiger partial charge in [-0.05, 0) is 17.7 Å². The Labute approximate surface area is 119 Å². The third-order valence-corrected chi connectivity index (χ3v) is 4.07. The zero-order chi connectivity index (χ0) is 12.3. The molecule has 100 valence electrons. The predicted octanol–water partition coefficient (Wildman–Crippen LogP) is 2.20. The predicted molar refractivity (Wildman–Crippen MR) is 80.3 cm³/mol. The summed E-state index contributed by atoms with van der Waals surface area (Å²) in [5.74, 6) is 1.27. The van der Waals surface area contributed by atoms with Crippen LogP contribution in [0.3, 0.4) is 0 Å². The van der Waals surface area contributed by atoms with E-state index in [1.54, 1.807) is 0 Å². The van der Waals surface area contributed by atoms with Gasteiger partial charge >= 0.3 is 0 Å². The Morgan fingerprint density at radius 3 is 2.72 bits per heavy atom. The number of nitrogens with zero attached hydrogens (tertiary/aromatic N) is 1. The maximum atomic E-state index is 12.1. The number of anilines is 1. The molecule has 3 nitrogen and oxygen atoms in total. The average molecular weight is 287 g/mol. The van der Waals surface area contributed by atoms with E-state index >= 15 is 0 Å². The monoisotopic (exact) mass is 286 g/mol. The summed E-state index contributed by atoms with van der Waals surface area (Å²) in [6.07, 6.45) is 0.484. The summed E-state index contributed by atoms with van der Waals surface area (Å²) in [6.45, 7) is 3.93. The minimum atomic E-state index is 0. The first kappa shape index (κ1) is 15.2. The maximum Gasteiger partial charge on any atom is 0.227 e. The van der Waals surface area contributed by atoms with E-state index in [0.29, 0.717) is 11.7 Å². The van der Waals surface area contributed by atoms with Crippen LogP contribution in [0.2, 0.25) is 0 Å². The van der Waals surface area contributed by atoms with Gasteiger partial charge in [-0.1, -0.05) is 19.1 Å². The van der Waals surface area contributed by atoms with Gasteiger partial charge in [0, 0.05) is 29.8 Å². The standard InChI is InChI=1S/C13H18N2OS.ClH/c1-10-9-15(6-7-17-10)13(16)8-11-2-4-12(14)5-3-11;/h2-5,10H,6-9,14H2,1H3;1H. The van der Waals surface area contributed by atoms with Gasteiger partial charge in [0.1, 0.15) is 0 Å². The summed E-state index contributed by atoms with van der Waals surface area (Å²) < 4.78 is 0. The number of carbonyl (C=O) groups excluding carboxylic acids is 1. The zero-order valence-corrected chi connectivity index (χ0v) is 12.1. The van der Waals surface area contributed by atoms with Gasteiger partial charge in [0.05, 0.1) is 6.42 Å². The second kappa shape index (κ2) is 6.90. The van der Waals surface area contributed by atoms with Gasteiger partial charge < -0.3 is 10.6 Å². The number of carbonyl (C=O) groups is 1. The quantitative estimate of drug-likeness (QED) is 0.848. The van der Waals surface area contributed by atoms with Gasteiger partial charge in [0.2, 0.25) is 5.91 Å². The van der Waals surface area contributed by atoms with Gasteiger partial charge in [0.25, 0.3) is 0 Å². The van der Waals surface area contributed by atoms with Gasteiger partial charge in [-0.2, -0.15) is 11.8 Å². The fourth-order valence-corrected chi connectivity index (χ4v) is 2.98. The number of amides is 1. The lowest BCUT2D eigenvalue weighted by atomic mass is 10.1. The number of rotatable bonds is 2. The number of nitrogens with two attached hydrogens (primary N) is 1. The van der Waals surface area contributed by atoms with Gasteiger partial charge in [0.15, 0.2) is 0 Å². The number of benzene rings is 1. The van der Waals surface area contributed by atoms with Crippen LogP contribution in [0.15, 0.2) is 24.3 Å². The third kappa shape index (κ3) is 4.10. The SMILES string of the molecule is CC1CN(C(=O)Cc2ccc(N)cc2)CCS1.Cl.